The smallest absolute Gasteiger partial charge is 0.244 e. The number of rotatable bonds is 6. The van der Waals surface area contributed by atoms with Crippen LogP contribution in [0.3, 0.4) is 0 Å². The zero-order valence-electron chi connectivity index (χ0n) is 19.7. The van der Waals surface area contributed by atoms with Crippen molar-refractivity contribution in [1.82, 2.24) is 10.2 Å². The van der Waals surface area contributed by atoms with Gasteiger partial charge in [-0.3, -0.25) is 5.10 Å². The summed E-state index contributed by atoms with van der Waals surface area (Å²) in [6.45, 7) is 2.24. The highest BCUT2D eigenvalue weighted by molar-refractivity contribution is 6.32. The summed E-state index contributed by atoms with van der Waals surface area (Å²) in [6, 6.07) is 23.3. The molecule has 0 bridgehead atoms. The first-order valence-electron chi connectivity index (χ1n) is 11.3. The van der Waals surface area contributed by atoms with E-state index in [9.17, 15) is 5.26 Å². The fourth-order valence-electron chi connectivity index (χ4n) is 4.33. The molecule has 0 aliphatic carbocycles. The number of aromatic nitrogens is 2. The second kappa shape index (κ2) is 9.68. The van der Waals surface area contributed by atoms with Crippen molar-refractivity contribution in [2.24, 2.45) is 5.73 Å². The van der Waals surface area contributed by atoms with Gasteiger partial charge in [-0.2, -0.15) is 5.26 Å². The highest BCUT2D eigenvalue weighted by Gasteiger charge is 2.36. The molecule has 5 rings (SSSR count). The lowest BCUT2D eigenvalue weighted by atomic mass is 9.82. The quantitative estimate of drug-likeness (QED) is 0.345. The van der Waals surface area contributed by atoms with E-state index in [4.69, 9.17) is 31.5 Å². The largest absolute Gasteiger partial charge is 0.496 e. The molecule has 7 nitrogen and oxygen atoms in total. The molecular formula is C28H23ClN4O3. The number of nitrogens with one attached hydrogen (secondary N) is 1. The normalized spacial score (nSPS) is 14.6. The summed E-state index contributed by atoms with van der Waals surface area (Å²) in [6.07, 6.45) is 0. The van der Waals surface area contributed by atoms with Crippen LogP contribution in [0.5, 0.6) is 17.4 Å². The molecular weight excluding hydrogens is 476 g/mol. The number of hydrogen-bond acceptors (Lipinski definition) is 6. The molecule has 0 spiro atoms. The van der Waals surface area contributed by atoms with Crippen molar-refractivity contribution >= 4 is 11.6 Å². The molecule has 0 saturated heterocycles. The summed E-state index contributed by atoms with van der Waals surface area (Å²) in [5.74, 6) is 1.09. The molecule has 0 radical (unpaired) electrons. The molecule has 36 heavy (non-hydrogen) atoms. The first kappa shape index (κ1) is 23.3. The van der Waals surface area contributed by atoms with Gasteiger partial charge in [0, 0.05) is 11.1 Å². The third-order valence-corrected chi connectivity index (χ3v) is 6.45. The van der Waals surface area contributed by atoms with Crippen LogP contribution in [0.4, 0.5) is 0 Å². The molecule has 2 heterocycles. The second-order valence-electron chi connectivity index (χ2n) is 8.40. The summed E-state index contributed by atoms with van der Waals surface area (Å²) >= 11 is 6.26. The molecule has 8 heteroatoms. The Morgan fingerprint density at radius 2 is 1.89 bits per heavy atom. The van der Waals surface area contributed by atoms with Crippen LogP contribution in [0.15, 0.2) is 78.2 Å². The van der Waals surface area contributed by atoms with Crippen molar-refractivity contribution in [2.75, 3.05) is 7.11 Å². The molecule has 4 aromatic rings. The van der Waals surface area contributed by atoms with E-state index in [2.05, 4.69) is 16.3 Å². The van der Waals surface area contributed by atoms with Gasteiger partial charge in [0.25, 0.3) is 0 Å². The van der Waals surface area contributed by atoms with Gasteiger partial charge in [0.1, 0.15) is 29.7 Å². The van der Waals surface area contributed by atoms with Gasteiger partial charge in [0.2, 0.25) is 11.8 Å². The van der Waals surface area contributed by atoms with Crippen molar-refractivity contribution < 1.29 is 14.2 Å². The Labute approximate surface area is 213 Å². The minimum atomic E-state index is -0.501. The lowest BCUT2D eigenvalue weighted by Crippen LogP contribution is -2.21. The molecule has 1 aromatic heterocycles. The number of fused-ring (bicyclic) bond motifs is 1. The Morgan fingerprint density at radius 1 is 1.11 bits per heavy atom. The highest BCUT2D eigenvalue weighted by Crippen LogP contribution is 2.46. The van der Waals surface area contributed by atoms with Crippen LogP contribution in [0.1, 0.15) is 28.2 Å². The Morgan fingerprint density at radius 3 is 2.61 bits per heavy atom. The minimum Gasteiger partial charge on any atom is -0.496 e. The second-order valence-corrected chi connectivity index (χ2v) is 8.81. The van der Waals surface area contributed by atoms with E-state index in [1.165, 1.54) is 0 Å². The van der Waals surface area contributed by atoms with Gasteiger partial charge in [-0.1, -0.05) is 59.6 Å². The molecule has 1 aliphatic rings. The summed E-state index contributed by atoms with van der Waals surface area (Å²) in [5, 5.41) is 18.0. The van der Waals surface area contributed by atoms with Gasteiger partial charge in [-0.05, 0) is 36.8 Å². The maximum atomic E-state index is 10.0. The number of methoxy groups -OCH3 is 1. The number of hydrogen-bond donors (Lipinski definition) is 2. The number of H-pyrrole nitrogens is 1. The van der Waals surface area contributed by atoms with E-state index < -0.39 is 5.92 Å². The summed E-state index contributed by atoms with van der Waals surface area (Å²) in [5.41, 5.74) is 11.7. The lowest BCUT2D eigenvalue weighted by molar-refractivity contribution is 0.296. The minimum absolute atomic E-state index is 0.0293. The number of benzene rings is 3. The van der Waals surface area contributed by atoms with Crippen LogP contribution >= 0.6 is 11.6 Å². The number of nitrogens with two attached hydrogens (primary N) is 1. The van der Waals surface area contributed by atoms with Gasteiger partial charge in [-0.15, -0.1) is 5.10 Å². The van der Waals surface area contributed by atoms with Crippen molar-refractivity contribution in [3.8, 4) is 34.7 Å². The number of aromatic amines is 1. The summed E-state index contributed by atoms with van der Waals surface area (Å²) in [4.78, 5) is 0. The monoisotopic (exact) mass is 498 g/mol. The Hall–Kier alpha value is -4.41. The third kappa shape index (κ3) is 4.23. The molecule has 1 atom stereocenters. The van der Waals surface area contributed by atoms with E-state index >= 15 is 0 Å². The van der Waals surface area contributed by atoms with Gasteiger partial charge in [0.05, 0.1) is 29.3 Å². The topological polar surface area (TPSA) is 106 Å². The van der Waals surface area contributed by atoms with E-state index in [0.717, 1.165) is 33.5 Å². The van der Waals surface area contributed by atoms with Crippen molar-refractivity contribution in [3.63, 3.8) is 0 Å². The van der Waals surface area contributed by atoms with Crippen LogP contribution in [-0.4, -0.2) is 17.3 Å². The maximum Gasteiger partial charge on any atom is 0.244 e. The maximum absolute atomic E-state index is 10.0. The third-order valence-electron chi connectivity index (χ3n) is 6.14. The summed E-state index contributed by atoms with van der Waals surface area (Å²) < 4.78 is 17.3. The fraction of sp³-hybridized carbons (Fsp3) is 0.143. The van der Waals surface area contributed by atoms with E-state index in [-0.39, 0.29) is 12.5 Å². The zero-order valence-corrected chi connectivity index (χ0v) is 20.5. The predicted octanol–water partition coefficient (Wildman–Crippen LogP) is 5.84. The average molecular weight is 499 g/mol. The Bertz CT molecular complexity index is 1500. The van der Waals surface area contributed by atoms with Crippen LogP contribution in [-0.2, 0) is 6.61 Å². The average Bonchev–Trinajstić information content (AvgIpc) is 3.31. The molecule has 180 valence electrons. The zero-order chi connectivity index (χ0) is 25.2. The Kier molecular flexibility index (Phi) is 6.28. The molecule has 3 N–H and O–H groups in total. The Balaban J connectivity index is 1.60. The fourth-order valence-corrected chi connectivity index (χ4v) is 4.52. The highest BCUT2D eigenvalue weighted by atomic mass is 35.5. The number of ether oxygens (including phenoxy) is 3. The van der Waals surface area contributed by atoms with Crippen molar-refractivity contribution in [3.05, 3.63) is 105 Å². The SMILES string of the molecule is COc1ccc([C@H]2C(C#N)=C(N)Oc3n[nH]c(-c4ccc(C)cc4)c32)cc1COc1ccccc1Cl. The summed E-state index contributed by atoms with van der Waals surface area (Å²) in [7, 11) is 1.60. The number of nitriles is 1. The van der Waals surface area contributed by atoms with Gasteiger partial charge in [-0.25, -0.2) is 0 Å². The molecule has 3 aromatic carbocycles. The molecule has 1 aliphatic heterocycles. The predicted molar refractivity (Wildman–Crippen MR) is 137 cm³/mol. The van der Waals surface area contributed by atoms with Crippen LogP contribution in [0.2, 0.25) is 5.02 Å². The standard InChI is InChI=1S/C28H23ClN4O3/c1-16-7-9-17(10-8-16)26-25-24(20(14-30)27(31)36-28(25)33-32-26)18-11-12-22(34-2)19(13-18)15-35-23-6-4-3-5-21(23)29/h3-13,24H,15,31H2,1-2H3,(H,32,33)/t24-/m0/s1. The van der Waals surface area contributed by atoms with Gasteiger partial charge < -0.3 is 19.9 Å². The van der Waals surface area contributed by atoms with Crippen LogP contribution < -0.4 is 19.9 Å². The van der Waals surface area contributed by atoms with E-state index in [1.807, 2.05) is 61.5 Å². The number of nitrogens with zero attached hydrogens (tertiary/aromatic N) is 2. The molecule has 0 fully saturated rings. The van der Waals surface area contributed by atoms with Gasteiger partial charge in [0.15, 0.2) is 0 Å². The van der Waals surface area contributed by atoms with Crippen LogP contribution in [0, 0.1) is 18.3 Å². The number of aryl methyl sites for hydroxylation is 1. The van der Waals surface area contributed by atoms with Crippen LogP contribution in [0.25, 0.3) is 11.3 Å². The molecule has 0 saturated carbocycles. The molecule has 0 unspecified atom stereocenters. The molecule has 0 amide bonds. The van der Waals surface area contributed by atoms with E-state index in [0.29, 0.717) is 28.0 Å². The van der Waals surface area contributed by atoms with Crippen molar-refractivity contribution in [2.45, 2.75) is 19.4 Å². The number of halogens is 1. The lowest BCUT2D eigenvalue weighted by Gasteiger charge is -2.25. The van der Waals surface area contributed by atoms with E-state index in [1.54, 1.807) is 19.2 Å². The first-order valence-corrected chi connectivity index (χ1v) is 11.6. The van der Waals surface area contributed by atoms with Crippen molar-refractivity contribution in [1.29, 1.82) is 5.26 Å². The van der Waals surface area contributed by atoms with Gasteiger partial charge >= 0.3 is 0 Å². The first-order chi connectivity index (χ1) is 17.5. The number of allylic oxidation sites excluding steroid dienone is 1. The number of para-hydroxylation sites is 1.